The molecule has 0 aromatic heterocycles. The van der Waals surface area contributed by atoms with Crippen LogP contribution < -0.4 is 0 Å². The lowest BCUT2D eigenvalue weighted by molar-refractivity contribution is -0.149. The maximum absolute atomic E-state index is 11.9. The van der Waals surface area contributed by atoms with Gasteiger partial charge in [0.2, 0.25) is 0 Å². The molecule has 1 aliphatic rings. The summed E-state index contributed by atoms with van der Waals surface area (Å²) in [5.74, 6) is 0.0689. The Morgan fingerprint density at radius 3 is 2.48 bits per heavy atom. The van der Waals surface area contributed by atoms with E-state index in [4.69, 9.17) is 16.3 Å². The van der Waals surface area contributed by atoms with E-state index in [0.29, 0.717) is 11.4 Å². The first-order chi connectivity index (χ1) is 10.2. The van der Waals surface area contributed by atoms with Crippen LogP contribution >= 0.6 is 23.4 Å². The first-order valence-corrected chi connectivity index (χ1v) is 8.13. The average molecular weight is 319 g/mol. The van der Waals surface area contributed by atoms with Crippen molar-refractivity contribution in [2.75, 3.05) is 0 Å². The number of ether oxygens (including phenoxy) is 1. The zero-order valence-electron chi connectivity index (χ0n) is 11.4. The van der Waals surface area contributed by atoms with E-state index in [1.165, 1.54) is 0 Å². The van der Waals surface area contributed by atoms with Crippen LogP contribution in [0.4, 0.5) is 0 Å². The highest BCUT2D eigenvalue weighted by molar-refractivity contribution is 7.99. The van der Waals surface area contributed by atoms with E-state index in [1.54, 1.807) is 11.8 Å². The minimum atomic E-state index is -0.130. The lowest BCUT2D eigenvalue weighted by atomic mass is 9.91. The van der Waals surface area contributed by atoms with Gasteiger partial charge in [-0.25, -0.2) is 0 Å². The molecule has 0 radical (unpaired) electrons. The molecule has 1 saturated heterocycles. The number of halogens is 1. The van der Waals surface area contributed by atoms with Crippen LogP contribution in [0.15, 0.2) is 59.5 Å². The molecule has 2 aromatic carbocycles. The fraction of sp³-hybridized carbons (Fsp3) is 0.235. The molecule has 1 heterocycles. The van der Waals surface area contributed by atoms with Gasteiger partial charge in [-0.3, -0.25) is 4.79 Å². The lowest BCUT2D eigenvalue weighted by Crippen LogP contribution is -2.26. The number of benzene rings is 2. The van der Waals surface area contributed by atoms with Crippen molar-refractivity contribution in [2.24, 2.45) is 0 Å². The molecule has 0 unspecified atom stereocenters. The molecule has 0 aliphatic carbocycles. The van der Waals surface area contributed by atoms with Gasteiger partial charge in [-0.15, -0.1) is 0 Å². The van der Waals surface area contributed by atoms with Crippen LogP contribution in [-0.4, -0.2) is 11.4 Å². The third-order valence-electron chi connectivity index (χ3n) is 3.51. The molecule has 1 fully saturated rings. The summed E-state index contributed by atoms with van der Waals surface area (Å²) in [5, 5.41) is 0.715. The molecule has 2 aromatic rings. The molecular formula is C17H15ClO2S. The first kappa shape index (κ1) is 14.5. The van der Waals surface area contributed by atoms with Crippen molar-refractivity contribution in [1.29, 1.82) is 0 Å². The van der Waals surface area contributed by atoms with Gasteiger partial charge < -0.3 is 4.74 Å². The summed E-state index contributed by atoms with van der Waals surface area (Å²) in [5.41, 5.74) is 1.02. The average Bonchev–Trinajstić information content (AvgIpc) is 2.48. The summed E-state index contributed by atoms with van der Waals surface area (Å²) < 4.78 is 5.46. The Balaban J connectivity index is 1.72. The van der Waals surface area contributed by atoms with Gasteiger partial charge in [0.05, 0.1) is 6.42 Å². The van der Waals surface area contributed by atoms with Gasteiger partial charge >= 0.3 is 5.97 Å². The van der Waals surface area contributed by atoms with Gasteiger partial charge in [0.1, 0.15) is 0 Å². The first-order valence-electron chi connectivity index (χ1n) is 6.87. The minimum Gasteiger partial charge on any atom is -0.451 e. The van der Waals surface area contributed by atoms with Crippen molar-refractivity contribution in [3.8, 4) is 0 Å². The molecule has 4 heteroatoms. The predicted molar refractivity (Wildman–Crippen MR) is 85.6 cm³/mol. The van der Waals surface area contributed by atoms with Crippen molar-refractivity contribution in [1.82, 2.24) is 0 Å². The van der Waals surface area contributed by atoms with E-state index in [2.05, 4.69) is 0 Å². The molecule has 3 rings (SSSR count). The molecule has 2 nitrogen and oxygen atoms in total. The van der Waals surface area contributed by atoms with Crippen molar-refractivity contribution < 1.29 is 9.53 Å². The largest absolute Gasteiger partial charge is 0.451 e. The fourth-order valence-electron chi connectivity index (χ4n) is 2.47. The molecule has 2 atom stereocenters. The monoisotopic (exact) mass is 318 g/mol. The highest BCUT2D eigenvalue weighted by Crippen LogP contribution is 2.38. The molecule has 0 amide bonds. The van der Waals surface area contributed by atoms with Gasteiger partial charge in [-0.05, 0) is 35.7 Å². The summed E-state index contributed by atoms with van der Waals surface area (Å²) in [4.78, 5) is 13.0. The quantitative estimate of drug-likeness (QED) is 0.754. The van der Waals surface area contributed by atoms with E-state index in [0.717, 1.165) is 16.9 Å². The van der Waals surface area contributed by atoms with Crippen LogP contribution in [0.25, 0.3) is 0 Å². The Kier molecular flexibility index (Phi) is 4.51. The van der Waals surface area contributed by atoms with Crippen LogP contribution in [-0.2, 0) is 9.53 Å². The van der Waals surface area contributed by atoms with Gasteiger partial charge in [0, 0.05) is 16.3 Å². The molecule has 0 N–H and O–H groups in total. The number of carbonyl (C=O) groups excluding carboxylic acids is 1. The highest BCUT2D eigenvalue weighted by atomic mass is 35.5. The van der Waals surface area contributed by atoms with E-state index < -0.39 is 0 Å². The molecule has 21 heavy (non-hydrogen) atoms. The van der Waals surface area contributed by atoms with E-state index in [-0.39, 0.29) is 17.3 Å². The Bertz CT molecular complexity index is 612. The summed E-state index contributed by atoms with van der Waals surface area (Å²) in [6, 6.07) is 17.8. The maximum Gasteiger partial charge on any atom is 0.307 e. The van der Waals surface area contributed by atoms with Crippen LogP contribution in [0, 0.1) is 0 Å². The van der Waals surface area contributed by atoms with Crippen molar-refractivity contribution in [2.45, 2.75) is 29.1 Å². The van der Waals surface area contributed by atoms with Gasteiger partial charge in [0.15, 0.2) is 5.44 Å². The summed E-state index contributed by atoms with van der Waals surface area (Å²) >= 11 is 7.52. The number of thioether (sulfide) groups is 1. The second-order valence-electron chi connectivity index (χ2n) is 5.04. The van der Waals surface area contributed by atoms with Gasteiger partial charge in [-0.1, -0.05) is 53.7 Å². The predicted octanol–water partition coefficient (Wildman–Crippen LogP) is 4.88. The molecule has 0 spiro atoms. The molecule has 0 saturated carbocycles. The number of hydrogen-bond acceptors (Lipinski definition) is 3. The number of carbonyl (C=O) groups is 1. The van der Waals surface area contributed by atoms with Crippen LogP contribution in [0.3, 0.4) is 0 Å². The Labute approximate surface area is 133 Å². The third kappa shape index (κ3) is 3.80. The summed E-state index contributed by atoms with van der Waals surface area (Å²) in [7, 11) is 0. The SMILES string of the molecule is O=C1C[C@H](c2ccc(Cl)cc2)C[C@H](Sc2ccccc2)O1. The van der Waals surface area contributed by atoms with Gasteiger partial charge in [0.25, 0.3) is 0 Å². The summed E-state index contributed by atoms with van der Waals surface area (Å²) in [6.45, 7) is 0. The molecule has 108 valence electrons. The molecule has 0 bridgehead atoms. The van der Waals surface area contributed by atoms with E-state index in [1.807, 2.05) is 54.6 Å². The third-order valence-corrected chi connectivity index (χ3v) is 4.85. The van der Waals surface area contributed by atoms with E-state index >= 15 is 0 Å². The highest BCUT2D eigenvalue weighted by Gasteiger charge is 2.30. The zero-order valence-corrected chi connectivity index (χ0v) is 12.9. The Morgan fingerprint density at radius 1 is 1.05 bits per heavy atom. The second kappa shape index (κ2) is 6.54. The molecule has 1 aliphatic heterocycles. The van der Waals surface area contributed by atoms with Crippen LogP contribution in [0.1, 0.15) is 24.3 Å². The smallest absolute Gasteiger partial charge is 0.307 e. The number of cyclic esters (lactones) is 1. The number of hydrogen-bond donors (Lipinski definition) is 0. The topological polar surface area (TPSA) is 26.3 Å². The number of rotatable bonds is 3. The Hall–Kier alpha value is -1.45. The molecular weight excluding hydrogens is 304 g/mol. The van der Waals surface area contributed by atoms with E-state index in [9.17, 15) is 4.79 Å². The van der Waals surface area contributed by atoms with Crippen molar-refractivity contribution >= 4 is 29.3 Å². The Morgan fingerprint density at radius 2 is 1.76 bits per heavy atom. The van der Waals surface area contributed by atoms with Crippen molar-refractivity contribution in [3.63, 3.8) is 0 Å². The summed E-state index contributed by atoms with van der Waals surface area (Å²) in [6.07, 6.45) is 1.26. The standard InChI is InChI=1S/C17H15ClO2S/c18-14-8-6-12(7-9-14)13-10-16(19)20-17(11-13)21-15-4-2-1-3-5-15/h1-9,13,17H,10-11H2/t13-,17-/m0/s1. The fourth-order valence-corrected chi connectivity index (χ4v) is 3.70. The van der Waals surface area contributed by atoms with Crippen molar-refractivity contribution in [3.05, 3.63) is 65.2 Å². The van der Waals surface area contributed by atoms with Crippen LogP contribution in [0.5, 0.6) is 0 Å². The zero-order chi connectivity index (χ0) is 14.7. The normalized spacial score (nSPS) is 21.9. The van der Waals surface area contributed by atoms with Crippen LogP contribution in [0.2, 0.25) is 5.02 Å². The number of esters is 1. The lowest BCUT2D eigenvalue weighted by Gasteiger charge is -2.28. The maximum atomic E-state index is 11.9. The van der Waals surface area contributed by atoms with Gasteiger partial charge in [-0.2, -0.15) is 0 Å². The second-order valence-corrected chi connectivity index (χ2v) is 6.71. The minimum absolute atomic E-state index is 0.130.